The molecule has 0 atom stereocenters. The highest BCUT2D eigenvalue weighted by Crippen LogP contribution is 2.30. The number of aromatic amines is 1. The minimum absolute atomic E-state index is 0.150. The molecule has 1 aromatic heterocycles. The first kappa shape index (κ1) is 14.8. The van der Waals surface area contributed by atoms with E-state index in [1.165, 1.54) is 32.1 Å². The van der Waals surface area contributed by atoms with E-state index in [2.05, 4.69) is 15.2 Å². The van der Waals surface area contributed by atoms with Crippen LogP contribution in [-0.4, -0.2) is 10.9 Å². The summed E-state index contributed by atoms with van der Waals surface area (Å²) in [6.45, 7) is 0. The number of carbonyl (C=O) groups excluding carboxylic acids is 1. The summed E-state index contributed by atoms with van der Waals surface area (Å²) in [6, 6.07) is 7.68. The number of amides is 1. The van der Waals surface area contributed by atoms with Crippen molar-refractivity contribution in [1.82, 2.24) is 4.98 Å². The third kappa shape index (κ3) is 3.35. The van der Waals surface area contributed by atoms with E-state index in [1.807, 2.05) is 24.3 Å². The number of fused-ring (bicyclic) bond motifs is 1. The second-order valence-corrected chi connectivity index (χ2v) is 6.07. The van der Waals surface area contributed by atoms with Gasteiger partial charge in [-0.2, -0.15) is 0 Å². The van der Waals surface area contributed by atoms with Gasteiger partial charge in [0.05, 0.1) is 0 Å². The zero-order valence-electron chi connectivity index (χ0n) is 12.7. The first-order chi connectivity index (χ1) is 10.7. The van der Waals surface area contributed by atoms with E-state index in [9.17, 15) is 4.79 Å². The molecule has 0 saturated heterocycles. The number of H-pyrrole nitrogens is 1. The summed E-state index contributed by atoms with van der Waals surface area (Å²) < 4.78 is 0. The van der Waals surface area contributed by atoms with Gasteiger partial charge in [-0.1, -0.05) is 56.4 Å². The van der Waals surface area contributed by atoms with Crippen molar-refractivity contribution in [1.29, 1.82) is 0 Å². The molecule has 1 aromatic carbocycles. The minimum Gasteiger partial charge on any atom is -0.385 e. The number of nitrogens with two attached hydrogens (primary N) is 1. The maximum absolute atomic E-state index is 11.9. The quantitative estimate of drug-likeness (QED) is 0.800. The van der Waals surface area contributed by atoms with Crippen LogP contribution in [0.5, 0.6) is 0 Å². The molecular formula is C17H22N4O. The van der Waals surface area contributed by atoms with Crippen molar-refractivity contribution >= 4 is 28.3 Å². The summed E-state index contributed by atoms with van der Waals surface area (Å²) in [5.41, 5.74) is 5.90. The predicted octanol–water partition coefficient (Wildman–Crippen LogP) is 4.72. The molecule has 1 amide bonds. The number of azo groups is 1. The lowest BCUT2D eigenvalue weighted by Gasteiger charge is -2.20. The lowest BCUT2D eigenvalue weighted by Crippen LogP contribution is -2.07. The van der Waals surface area contributed by atoms with Gasteiger partial charge in [0, 0.05) is 17.2 Å². The monoisotopic (exact) mass is 298 g/mol. The molecule has 22 heavy (non-hydrogen) atoms. The number of hydrogen-bond acceptors (Lipinski definition) is 3. The van der Waals surface area contributed by atoms with Gasteiger partial charge in [-0.25, -0.2) is 0 Å². The molecule has 0 spiro atoms. The molecule has 5 heteroatoms. The largest absolute Gasteiger partial charge is 0.385 e. The number of anilines is 1. The number of benzene rings is 1. The van der Waals surface area contributed by atoms with Crippen LogP contribution in [-0.2, 0) is 4.79 Å². The van der Waals surface area contributed by atoms with Gasteiger partial charge < -0.3 is 10.7 Å². The summed E-state index contributed by atoms with van der Waals surface area (Å²) >= 11 is 0. The zero-order valence-corrected chi connectivity index (χ0v) is 12.7. The molecule has 0 aliphatic heterocycles. The summed E-state index contributed by atoms with van der Waals surface area (Å²) in [5.74, 6) is 1.65. The average molecular weight is 298 g/mol. The van der Waals surface area contributed by atoms with Crippen molar-refractivity contribution in [2.75, 3.05) is 5.73 Å². The molecule has 5 nitrogen and oxygen atoms in total. The Hall–Kier alpha value is -2.17. The van der Waals surface area contributed by atoms with E-state index in [1.54, 1.807) is 0 Å². The number of nitrogens with zero attached hydrogens (tertiary/aromatic N) is 2. The van der Waals surface area contributed by atoms with Gasteiger partial charge in [0.2, 0.25) is 0 Å². The molecular weight excluding hydrogens is 276 g/mol. The first-order valence-electron chi connectivity index (χ1n) is 8.05. The fourth-order valence-electron chi connectivity index (χ4n) is 3.22. The van der Waals surface area contributed by atoms with Gasteiger partial charge in [-0.15, -0.1) is 10.2 Å². The Balaban J connectivity index is 1.61. The van der Waals surface area contributed by atoms with Crippen LogP contribution in [0, 0.1) is 5.92 Å². The van der Waals surface area contributed by atoms with Crippen LogP contribution in [0.3, 0.4) is 0 Å². The molecule has 3 N–H and O–H groups in total. The van der Waals surface area contributed by atoms with Crippen LogP contribution in [0.15, 0.2) is 34.5 Å². The van der Waals surface area contributed by atoms with E-state index in [0.717, 1.165) is 17.2 Å². The molecule has 1 saturated carbocycles. The van der Waals surface area contributed by atoms with Gasteiger partial charge in [-0.3, -0.25) is 4.79 Å². The highest BCUT2D eigenvalue weighted by Gasteiger charge is 2.14. The van der Waals surface area contributed by atoms with Crippen LogP contribution < -0.4 is 5.73 Å². The number of nitrogen functional groups attached to an aromatic ring is 1. The van der Waals surface area contributed by atoms with E-state index in [-0.39, 0.29) is 5.91 Å². The summed E-state index contributed by atoms with van der Waals surface area (Å²) in [4.78, 5) is 14.9. The maximum Gasteiger partial charge on any atom is 0.264 e. The van der Waals surface area contributed by atoms with Crippen molar-refractivity contribution in [3.05, 3.63) is 24.3 Å². The Labute approximate surface area is 130 Å². The summed E-state index contributed by atoms with van der Waals surface area (Å²) in [6.07, 6.45) is 7.87. The minimum atomic E-state index is -0.150. The standard InChI is InChI=1S/C17H22N4O/c18-16-13-8-4-5-9-14(13)17(19-16)21-20-15(22)11-10-12-6-2-1-3-7-12/h4-5,8-9,12,19H,1-3,6-7,10-11,18H2. The third-order valence-corrected chi connectivity index (χ3v) is 4.48. The normalized spacial score (nSPS) is 16.5. The Morgan fingerprint density at radius 2 is 1.91 bits per heavy atom. The molecule has 116 valence electrons. The van der Waals surface area contributed by atoms with Crippen LogP contribution in [0.25, 0.3) is 10.8 Å². The number of rotatable bonds is 4. The zero-order chi connectivity index (χ0) is 15.4. The first-order valence-corrected chi connectivity index (χ1v) is 8.05. The smallest absolute Gasteiger partial charge is 0.264 e. The molecule has 0 bridgehead atoms. The van der Waals surface area contributed by atoms with Crippen LogP contribution >= 0.6 is 0 Å². The topological polar surface area (TPSA) is 83.6 Å². The van der Waals surface area contributed by atoms with Crippen molar-refractivity contribution < 1.29 is 4.79 Å². The second kappa shape index (κ2) is 6.73. The van der Waals surface area contributed by atoms with Crippen molar-refractivity contribution in [3.8, 4) is 0 Å². The van der Waals surface area contributed by atoms with Gasteiger partial charge in [0.15, 0.2) is 5.82 Å². The van der Waals surface area contributed by atoms with E-state index >= 15 is 0 Å². The SMILES string of the molecule is Nc1[nH]c(N=NC(=O)CCC2CCCCC2)c2ccccc12. The summed E-state index contributed by atoms with van der Waals surface area (Å²) in [7, 11) is 0. The number of nitrogens with one attached hydrogen (secondary N) is 1. The second-order valence-electron chi connectivity index (χ2n) is 6.07. The lowest BCUT2D eigenvalue weighted by atomic mass is 9.86. The van der Waals surface area contributed by atoms with Gasteiger partial charge in [-0.05, 0) is 12.3 Å². The molecule has 2 aromatic rings. The van der Waals surface area contributed by atoms with Gasteiger partial charge in [0.25, 0.3) is 5.91 Å². The van der Waals surface area contributed by atoms with Crippen LogP contribution in [0.4, 0.5) is 11.6 Å². The van der Waals surface area contributed by atoms with Gasteiger partial charge in [0.1, 0.15) is 5.82 Å². The maximum atomic E-state index is 11.9. The fourth-order valence-corrected chi connectivity index (χ4v) is 3.22. The fraction of sp³-hybridized carbons (Fsp3) is 0.471. The average Bonchev–Trinajstić information content (AvgIpc) is 2.89. The third-order valence-electron chi connectivity index (χ3n) is 4.48. The highest BCUT2D eigenvalue weighted by molar-refractivity contribution is 5.99. The van der Waals surface area contributed by atoms with E-state index in [0.29, 0.717) is 24.0 Å². The predicted molar refractivity (Wildman–Crippen MR) is 88.0 cm³/mol. The Morgan fingerprint density at radius 3 is 2.68 bits per heavy atom. The van der Waals surface area contributed by atoms with E-state index < -0.39 is 0 Å². The van der Waals surface area contributed by atoms with Crippen molar-refractivity contribution in [3.63, 3.8) is 0 Å². The number of carbonyl (C=O) groups is 1. The Kier molecular flexibility index (Phi) is 4.51. The molecule has 1 aliphatic carbocycles. The lowest BCUT2D eigenvalue weighted by molar-refractivity contribution is -0.118. The van der Waals surface area contributed by atoms with Crippen molar-refractivity contribution in [2.45, 2.75) is 44.9 Å². The van der Waals surface area contributed by atoms with Crippen LogP contribution in [0.2, 0.25) is 0 Å². The van der Waals surface area contributed by atoms with Gasteiger partial charge >= 0.3 is 0 Å². The van der Waals surface area contributed by atoms with E-state index in [4.69, 9.17) is 5.73 Å². The number of aromatic nitrogens is 1. The molecule has 1 heterocycles. The van der Waals surface area contributed by atoms with Crippen LogP contribution in [0.1, 0.15) is 44.9 Å². The summed E-state index contributed by atoms with van der Waals surface area (Å²) in [5, 5.41) is 9.70. The molecule has 0 radical (unpaired) electrons. The molecule has 1 aliphatic rings. The highest BCUT2D eigenvalue weighted by atomic mass is 16.1. The molecule has 0 unspecified atom stereocenters. The Morgan fingerprint density at radius 1 is 1.18 bits per heavy atom. The Bertz CT molecular complexity index is 683. The van der Waals surface area contributed by atoms with Crippen molar-refractivity contribution in [2.24, 2.45) is 16.1 Å². The number of hydrogen-bond donors (Lipinski definition) is 2. The molecule has 1 fully saturated rings. The molecule has 3 rings (SSSR count).